The lowest BCUT2D eigenvalue weighted by Crippen LogP contribution is -2.37. The Morgan fingerprint density at radius 3 is 2.62 bits per heavy atom. The molecule has 1 heterocycles. The van der Waals surface area contributed by atoms with Crippen LogP contribution in [0.2, 0.25) is 0 Å². The number of aliphatic imine (C=N–C) groups is 1. The number of hydrogen-bond donors (Lipinski definition) is 2. The van der Waals surface area contributed by atoms with Gasteiger partial charge >= 0.3 is 0 Å². The lowest BCUT2D eigenvalue weighted by atomic mass is 10.2. The van der Waals surface area contributed by atoms with Gasteiger partial charge in [-0.05, 0) is 32.4 Å². The molecule has 1 aromatic heterocycles. The van der Waals surface area contributed by atoms with Gasteiger partial charge in [0.1, 0.15) is 0 Å². The Kier molecular flexibility index (Phi) is 7.32. The van der Waals surface area contributed by atoms with Crippen LogP contribution < -0.4 is 20.1 Å². The van der Waals surface area contributed by atoms with Gasteiger partial charge in [0.2, 0.25) is 0 Å². The van der Waals surface area contributed by atoms with Crippen molar-refractivity contribution in [3.8, 4) is 11.5 Å². The first-order valence-electron chi connectivity index (χ1n) is 8.74. The summed E-state index contributed by atoms with van der Waals surface area (Å²) in [4.78, 5) is 4.27. The Morgan fingerprint density at radius 2 is 2.00 bits per heavy atom. The molecule has 0 unspecified atom stereocenters. The van der Waals surface area contributed by atoms with Gasteiger partial charge in [0.05, 0.1) is 19.9 Å². The number of para-hydroxylation sites is 1. The Hall–Kier alpha value is -2.70. The molecule has 0 aliphatic rings. The molecule has 0 saturated carbocycles. The van der Waals surface area contributed by atoms with Gasteiger partial charge < -0.3 is 20.1 Å². The second kappa shape index (κ2) is 9.70. The minimum Gasteiger partial charge on any atom is -0.493 e. The summed E-state index contributed by atoms with van der Waals surface area (Å²) in [6.45, 7) is 6.38. The van der Waals surface area contributed by atoms with Crippen molar-refractivity contribution in [3.63, 3.8) is 0 Å². The topological polar surface area (TPSA) is 72.7 Å². The third kappa shape index (κ3) is 5.15. The second-order valence-corrected chi connectivity index (χ2v) is 6.01. The summed E-state index contributed by atoms with van der Waals surface area (Å²) in [6.07, 6.45) is 0.963. The number of guanidine groups is 1. The van der Waals surface area contributed by atoms with Crippen LogP contribution in [0.3, 0.4) is 0 Å². The van der Waals surface area contributed by atoms with Crippen LogP contribution in [-0.4, -0.2) is 43.6 Å². The molecule has 0 aliphatic carbocycles. The van der Waals surface area contributed by atoms with E-state index in [0.29, 0.717) is 6.54 Å². The van der Waals surface area contributed by atoms with Crippen molar-refractivity contribution in [2.45, 2.75) is 33.4 Å². The van der Waals surface area contributed by atoms with Crippen LogP contribution in [0.5, 0.6) is 11.5 Å². The summed E-state index contributed by atoms with van der Waals surface area (Å²) in [7, 11) is 5.05. The van der Waals surface area contributed by atoms with E-state index in [4.69, 9.17) is 9.47 Å². The minimum absolute atomic E-state index is 0.595. The maximum absolute atomic E-state index is 5.46. The normalized spacial score (nSPS) is 11.3. The third-order valence-electron chi connectivity index (χ3n) is 4.10. The van der Waals surface area contributed by atoms with Gasteiger partial charge in [-0.1, -0.05) is 12.1 Å². The molecule has 26 heavy (non-hydrogen) atoms. The minimum atomic E-state index is 0.595. The van der Waals surface area contributed by atoms with Crippen LogP contribution >= 0.6 is 0 Å². The highest BCUT2D eigenvalue weighted by molar-refractivity contribution is 5.79. The van der Waals surface area contributed by atoms with Crippen molar-refractivity contribution in [3.05, 3.63) is 41.2 Å². The molecule has 0 bridgehead atoms. The molecule has 1 aromatic carbocycles. The van der Waals surface area contributed by atoms with Gasteiger partial charge in [-0.2, -0.15) is 5.10 Å². The first-order valence-corrected chi connectivity index (χ1v) is 8.74. The fraction of sp³-hybridized carbons (Fsp3) is 0.474. The highest BCUT2D eigenvalue weighted by atomic mass is 16.5. The molecule has 2 N–H and O–H groups in total. The van der Waals surface area contributed by atoms with Crippen LogP contribution in [0.1, 0.15) is 23.4 Å². The molecular formula is C19H29N5O2. The van der Waals surface area contributed by atoms with Gasteiger partial charge in [-0.25, -0.2) is 0 Å². The summed E-state index contributed by atoms with van der Waals surface area (Å²) < 4.78 is 12.8. The molecule has 0 spiro atoms. The Bertz CT molecular complexity index is 740. The van der Waals surface area contributed by atoms with Crippen LogP contribution in [0.25, 0.3) is 0 Å². The number of hydrogen-bond acceptors (Lipinski definition) is 4. The quantitative estimate of drug-likeness (QED) is 0.430. The van der Waals surface area contributed by atoms with E-state index in [0.717, 1.165) is 48.2 Å². The van der Waals surface area contributed by atoms with Crippen LogP contribution in [0.15, 0.2) is 29.3 Å². The second-order valence-electron chi connectivity index (χ2n) is 6.01. The van der Waals surface area contributed by atoms with Crippen molar-refractivity contribution in [2.24, 2.45) is 4.99 Å². The molecule has 0 fully saturated rings. The molecule has 0 saturated heterocycles. The van der Waals surface area contributed by atoms with E-state index in [9.17, 15) is 0 Å². The predicted octanol–water partition coefficient (Wildman–Crippen LogP) is 2.27. The zero-order valence-electron chi connectivity index (χ0n) is 16.3. The van der Waals surface area contributed by atoms with Crippen molar-refractivity contribution in [2.75, 3.05) is 27.8 Å². The molecule has 2 aromatic rings. The summed E-state index contributed by atoms with van der Waals surface area (Å²) in [5, 5.41) is 11.1. The SMILES string of the molecule is CN=C(NCCCn1nc(C)cc1C)NCc1cccc(OC)c1OC. The van der Waals surface area contributed by atoms with Crippen LogP contribution in [0.4, 0.5) is 0 Å². The zero-order chi connectivity index (χ0) is 18.9. The standard InChI is InChI=1S/C19H29N5O2/c1-14-12-15(2)24(23-14)11-7-10-21-19(20-3)22-13-16-8-6-9-17(25-4)18(16)26-5/h6,8-9,12H,7,10-11,13H2,1-5H3,(H2,20,21,22). The fourth-order valence-electron chi connectivity index (χ4n) is 2.83. The molecule has 0 amide bonds. The maximum atomic E-state index is 5.46. The summed E-state index contributed by atoms with van der Waals surface area (Å²) >= 11 is 0. The van der Waals surface area contributed by atoms with E-state index < -0.39 is 0 Å². The average Bonchev–Trinajstić information content (AvgIpc) is 2.97. The predicted molar refractivity (Wildman–Crippen MR) is 104 cm³/mol. The summed E-state index contributed by atoms with van der Waals surface area (Å²) in [5.74, 6) is 2.21. The number of ether oxygens (including phenoxy) is 2. The number of rotatable bonds is 8. The number of nitrogens with zero attached hydrogens (tertiary/aromatic N) is 3. The first-order chi connectivity index (χ1) is 12.6. The van der Waals surface area contributed by atoms with Gasteiger partial charge in [0.15, 0.2) is 17.5 Å². The van der Waals surface area contributed by atoms with Gasteiger partial charge in [0.25, 0.3) is 0 Å². The lowest BCUT2D eigenvalue weighted by Gasteiger charge is -2.15. The highest BCUT2D eigenvalue weighted by Crippen LogP contribution is 2.30. The maximum Gasteiger partial charge on any atom is 0.191 e. The van der Waals surface area contributed by atoms with E-state index in [1.807, 2.05) is 29.8 Å². The highest BCUT2D eigenvalue weighted by Gasteiger charge is 2.09. The summed E-state index contributed by atoms with van der Waals surface area (Å²) in [6, 6.07) is 7.93. The van der Waals surface area contributed by atoms with Gasteiger partial charge in [0, 0.05) is 37.9 Å². The van der Waals surface area contributed by atoms with Crippen molar-refractivity contribution in [1.29, 1.82) is 0 Å². The molecule has 142 valence electrons. The molecule has 7 heteroatoms. The van der Waals surface area contributed by atoms with Gasteiger partial charge in [-0.15, -0.1) is 0 Å². The number of aromatic nitrogens is 2. The molecule has 0 radical (unpaired) electrons. The van der Waals surface area contributed by atoms with Crippen LogP contribution in [-0.2, 0) is 13.1 Å². The Morgan fingerprint density at radius 1 is 1.19 bits per heavy atom. The first kappa shape index (κ1) is 19.6. The number of benzene rings is 1. The van der Waals surface area contributed by atoms with Crippen molar-refractivity contribution < 1.29 is 9.47 Å². The molecular weight excluding hydrogens is 330 g/mol. The van der Waals surface area contributed by atoms with Crippen molar-refractivity contribution in [1.82, 2.24) is 20.4 Å². The molecule has 2 rings (SSSR count). The smallest absolute Gasteiger partial charge is 0.191 e. The van der Waals surface area contributed by atoms with E-state index >= 15 is 0 Å². The van der Waals surface area contributed by atoms with E-state index in [1.54, 1.807) is 21.3 Å². The lowest BCUT2D eigenvalue weighted by molar-refractivity contribution is 0.351. The van der Waals surface area contributed by atoms with E-state index in [1.165, 1.54) is 5.69 Å². The zero-order valence-corrected chi connectivity index (χ0v) is 16.3. The molecule has 7 nitrogen and oxygen atoms in total. The molecule has 0 aliphatic heterocycles. The summed E-state index contributed by atoms with van der Waals surface area (Å²) in [5.41, 5.74) is 3.26. The number of nitrogens with one attached hydrogen (secondary N) is 2. The monoisotopic (exact) mass is 359 g/mol. The van der Waals surface area contributed by atoms with E-state index in [-0.39, 0.29) is 0 Å². The van der Waals surface area contributed by atoms with Gasteiger partial charge in [-0.3, -0.25) is 9.67 Å². The van der Waals surface area contributed by atoms with Crippen molar-refractivity contribution >= 4 is 5.96 Å². The average molecular weight is 359 g/mol. The fourth-order valence-corrected chi connectivity index (χ4v) is 2.83. The van der Waals surface area contributed by atoms with Crippen LogP contribution in [0, 0.1) is 13.8 Å². The number of aryl methyl sites for hydroxylation is 3. The Balaban J connectivity index is 1.82. The largest absolute Gasteiger partial charge is 0.493 e. The molecule has 0 atom stereocenters. The Labute approximate surface area is 155 Å². The third-order valence-corrected chi connectivity index (χ3v) is 4.10. The van der Waals surface area contributed by atoms with E-state index in [2.05, 4.69) is 33.7 Å². The number of methoxy groups -OCH3 is 2.